The lowest BCUT2D eigenvalue weighted by Crippen LogP contribution is -2.34. The second-order valence-electron chi connectivity index (χ2n) is 7.43. The molecule has 1 N–H and O–H groups in total. The third-order valence-electron chi connectivity index (χ3n) is 5.44. The van der Waals surface area contributed by atoms with E-state index in [0.717, 1.165) is 70.8 Å². The second-order valence-corrected chi connectivity index (χ2v) is 7.43. The Kier molecular flexibility index (Phi) is 9.28. The van der Waals surface area contributed by atoms with Gasteiger partial charge in [-0.15, -0.1) is 0 Å². The van der Waals surface area contributed by atoms with Crippen molar-refractivity contribution < 1.29 is 9.59 Å². The summed E-state index contributed by atoms with van der Waals surface area (Å²) in [4.78, 5) is 30.3. The minimum atomic E-state index is 0.0780. The smallest absolute Gasteiger partial charge is 0.224 e. The molecule has 6 nitrogen and oxygen atoms in total. The van der Waals surface area contributed by atoms with Gasteiger partial charge in [0, 0.05) is 57.4 Å². The van der Waals surface area contributed by atoms with Crippen LogP contribution in [0.2, 0.25) is 0 Å². The number of rotatable bonds is 9. The van der Waals surface area contributed by atoms with Crippen molar-refractivity contribution in [3.05, 3.63) is 24.3 Å². The van der Waals surface area contributed by atoms with Crippen molar-refractivity contribution in [2.45, 2.75) is 46.5 Å². The van der Waals surface area contributed by atoms with Crippen LogP contribution in [0, 0.1) is 0 Å². The molecule has 0 aliphatic carbocycles. The number of carbonyl (C=O) groups is 2. The summed E-state index contributed by atoms with van der Waals surface area (Å²) in [6.07, 6.45) is 3.47. The quantitative estimate of drug-likeness (QED) is 0.660. The van der Waals surface area contributed by atoms with E-state index in [1.54, 1.807) is 6.92 Å². The van der Waals surface area contributed by atoms with Crippen molar-refractivity contribution in [1.82, 2.24) is 9.80 Å². The Hall–Kier alpha value is -2.08. The van der Waals surface area contributed by atoms with Crippen LogP contribution >= 0.6 is 0 Å². The Balaban J connectivity index is 1.65. The topological polar surface area (TPSA) is 55.9 Å². The molecule has 156 valence electrons. The van der Waals surface area contributed by atoms with E-state index in [2.05, 4.69) is 41.1 Å². The van der Waals surface area contributed by atoms with Crippen LogP contribution in [0.15, 0.2) is 24.3 Å². The lowest BCUT2D eigenvalue weighted by Gasteiger charge is -2.21. The normalized spacial score (nSPS) is 15.2. The number of nitrogens with one attached hydrogen (secondary N) is 1. The first kappa shape index (κ1) is 22.2. The van der Waals surface area contributed by atoms with E-state index in [9.17, 15) is 9.59 Å². The summed E-state index contributed by atoms with van der Waals surface area (Å²) < 4.78 is 0. The molecule has 1 aromatic carbocycles. The summed E-state index contributed by atoms with van der Waals surface area (Å²) in [5, 5.41) is 3.00. The molecule has 0 aromatic heterocycles. The lowest BCUT2D eigenvalue weighted by atomic mass is 10.2. The van der Waals surface area contributed by atoms with Crippen LogP contribution in [-0.4, -0.2) is 67.4 Å². The molecule has 28 heavy (non-hydrogen) atoms. The van der Waals surface area contributed by atoms with Gasteiger partial charge in [-0.2, -0.15) is 0 Å². The van der Waals surface area contributed by atoms with E-state index >= 15 is 0 Å². The number of amides is 2. The zero-order valence-electron chi connectivity index (χ0n) is 17.7. The molecule has 2 rings (SSSR count). The Labute approximate surface area is 169 Å². The number of hydrogen-bond donors (Lipinski definition) is 1. The molecule has 0 atom stereocenters. The fraction of sp³-hybridized carbons (Fsp3) is 0.636. The molecule has 1 aromatic rings. The second kappa shape index (κ2) is 11.7. The number of anilines is 2. The number of nitrogens with zero attached hydrogens (tertiary/aromatic N) is 3. The Morgan fingerprint density at radius 3 is 2.36 bits per heavy atom. The van der Waals surface area contributed by atoms with Crippen LogP contribution in [0.5, 0.6) is 0 Å². The highest BCUT2D eigenvalue weighted by molar-refractivity contribution is 5.90. The van der Waals surface area contributed by atoms with Gasteiger partial charge in [0.25, 0.3) is 0 Å². The van der Waals surface area contributed by atoms with Crippen LogP contribution in [0.1, 0.15) is 46.5 Å². The van der Waals surface area contributed by atoms with Crippen molar-refractivity contribution in [2.75, 3.05) is 56.0 Å². The number of unbranched alkanes of at least 4 members (excludes halogenated alkanes) is 1. The maximum Gasteiger partial charge on any atom is 0.224 e. The summed E-state index contributed by atoms with van der Waals surface area (Å²) in [5.41, 5.74) is 2.04. The van der Waals surface area contributed by atoms with Crippen molar-refractivity contribution in [3.8, 4) is 0 Å². The van der Waals surface area contributed by atoms with E-state index < -0.39 is 0 Å². The first-order chi connectivity index (χ1) is 13.5. The number of benzene rings is 1. The average Bonchev–Trinajstić information content (AvgIpc) is 2.93. The molecule has 0 saturated carbocycles. The van der Waals surface area contributed by atoms with Crippen LogP contribution < -0.4 is 10.2 Å². The van der Waals surface area contributed by atoms with E-state index in [-0.39, 0.29) is 11.8 Å². The van der Waals surface area contributed by atoms with Gasteiger partial charge in [0.1, 0.15) is 0 Å². The highest BCUT2D eigenvalue weighted by Crippen LogP contribution is 2.18. The summed E-state index contributed by atoms with van der Waals surface area (Å²) in [6.45, 7) is 12.5. The summed E-state index contributed by atoms with van der Waals surface area (Å²) in [6, 6.07) is 8.08. The van der Waals surface area contributed by atoms with Crippen molar-refractivity contribution in [1.29, 1.82) is 0 Å². The molecule has 1 aliphatic heterocycles. The van der Waals surface area contributed by atoms with Crippen LogP contribution in [0.25, 0.3) is 0 Å². The third kappa shape index (κ3) is 7.15. The van der Waals surface area contributed by atoms with Crippen molar-refractivity contribution in [2.24, 2.45) is 0 Å². The van der Waals surface area contributed by atoms with Gasteiger partial charge in [-0.3, -0.25) is 9.59 Å². The van der Waals surface area contributed by atoms with Crippen molar-refractivity contribution >= 4 is 23.2 Å². The van der Waals surface area contributed by atoms with Gasteiger partial charge in [0.2, 0.25) is 11.8 Å². The predicted octanol–water partition coefficient (Wildman–Crippen LogP) is 3.20. The standard InChI is InChI=1S/C22H36N4O2/c1-4-25(5-2)21-12-10-20(11-13-21)23-22(28)9-6-7-14-24-15-8-16-26(18-17-24)19(3)27/h10-13H,4-9,14-18H2,1-3H3,(H,23,28). The molecule has 0 bridgehead atoms. The first-order valence-electron chi connectivity index (χ1n) is 10.7. The molecular weight excluding hydrogens is 352 g/mol. The first-order valence-corrected chi connectivity index (χ1v) is 10.7. The predicted molar refractivity (Wildman–Crippen MR) is 116 cm³/mol. The molecule has 6 heteroatoms. The van der Waals surface area contributed by atoms with Crippen LogP contribution in [0.3, 0.4) is 0 Å². The SMILES string of the molecule is CCN(CC)c1ccc(NC(=O)CCCCN2CCCN(C(C)=O)CC2)cc1. The highest BCUT2D eigenvalue weighted by Gasteiger charge is 2.16. The maximum atomic E-state index is 12.2. The minimum Gasteiger partial charge on any atom is -0.372 e. The van der Waals surface area contributed by atoms with E-state index in [1.165, 1.54) is 5.69 Å². The lowest BCUT2D eigenvalue weighted by molar-refractivity contribution is -0.128. The van der Waals surface area contributed by atoms with Crippen molar-refractivity contribution in [3.63, 3.8) is 0 Å². The highest BCUT2D eigenvalue weighted by atomic mass is 16.2. The van der Waals surface area contributed by atoms with Gasteiger partial charge in [0.15, 0.2) is 0 Å². The number of carbonyl (C=O) groups excluding carboxylic acids is 2. The van der Waals surface area contributed by atoms with Crippen LogP contribution in [0.4, 0.5) is 11.4 Å². The fourth-order valence-corrected chi connectivity index (χ4v) is 3.70. The molecule has 1 fully saturated rings. The Bertz CT molecular complexity index is 613. The molecule has 1 aliphatic rings. The fourth-order valence-electron chi connectivity index (χ4n) is 3.70. The van der Waals surface area contributed by atoms with Crippen LogP contribution in [-0.2, 0) is 9.59 Å². The summed E-state index contributed by atoms with van der Waals surface area (Å²) in [5.74, 6) is 0.248. The maximum absolute atomic E-state index is 12.2. The molecule has 2 amide bonds. The Morgan fingerprint density at radius 1 is 1.00 bits per heavy atom. The van der Waals surface area contributed by atoms with Gasteiger partial charge in [0.05, 0.1) is 0 Å². The molecule has 0 spiro atoms. The molecule has 1 heterocycles. The van der Waals surface area contributed by atoms with E-state index in [1.807, 2.05) is 17.0 Å². The number of hydrogen-bond acceptors (Lipinski definition) is 4. The van der Waals surface area contributed by atoms with Gasteiger partial charge in [-0.05, 0) is 70.5 Å². The summed E-state index contributed by atoms with van der Waals surface area (Å²) >= 11 is 0. The molecule has 0 unspecified atom stereocenters. The van der Waals surface area contributed by atoms with Gasteiger partial charge in [-0.1, -0.05) is 0 Å². The molecule has 0 radical (unpaired) electrons. The van der Waals surface area contributed by atoms with E-state index in [0.29, 0.717) is 6.42 Å². The third-order valence-corrected chi connectivity index (χ3v) is 5.44. The summed E-state index contributed by atoms with van der Waals surface area (Å²) in [7, 11) is 0. The van der Waals surface area contributed by atoms with Gasteiger partial charge in [-0.25, -0.2) is 0 Å². The van der Waals surface area contributed by atoms with Gasteiger partial charge < -0.3 is 20.0 Å². The zero-order valence-corrected chi connectivity index (χ0v) is 17.7. The average molecular weight is 389 g/mol. The minimum absolute atomic E-state index is 0.0780. The molecular formula is C22H36N4O2. The van der Waals surface area contributed by atoms with E-state index in [4.69, 9.17) is 0 Å². The van der Waals surface area contributed by atoms with Gasteiger partial charge >= 0.3 is 0 Å². The molecule has 1 saturated heterocycles. The zero-order chi connectivity index (χ0) is 20.4. The monoisotopic (exact) mass is 388 g/mol. The Morgan fingerprint density at radius 2 is 1.71 bits per heavy atom. The largest absolute Gasteiger partial charge is 0.372 e.